The fourth-order valence-corrected chi connectivity index (χ4v) is 2.42. The van der Waals surface area contributed by atoms with Crippen LogP contribution < -0.4 is 5.73 Å². The third kappa shape index (κ3) is 2.61. The Balaban J connectivity index is 2.10. The van der Waals surface area contributed by atoms with Gasteiger partial charge >= 0.3 is 0 Å². The highest BCUT2D eigenvalue weighted by Crippen LogP contribution is 2.23. The molecule has 2 rings (SSSR count). The Morgan fingerprint density at radius 1 is 1.53 bits per heavy atom. The van der Waals surface area contributed by atoms with E-state index < -0.39 is 0 Å². The molecule has 1 saturated heterocycles. The van der Waals surface area contributed by atoms with Crippen molar-refractivity contribution in [1.82, 2.24) is 4.90 Å². The number of nitrogens with zero attached hydrogens (tertiary/aromatic N) is 1. The van der Waals surface area contributed by atoms with Crippen LogP contribution in [0.2, 0.25) is 5.02 Å². The number of halogens is 1. The zero-order chi connectivity index (χ0) is 12.4. The van der Waals surface area contributed by atoms with Gasteiger partial charge in [0.1, 0.15) is 0 Å². The summed E-state index contributed by atoms with van der Waals surface area (Å²) in [6.07, 6.45) is 0.980. The van der Waals surface area contributed by atoms with E-state index in [2.05, 4.69) is 0 Å². The lowest BCUT2D eigenvalue weighted by Crippen LogP contribution is -2.33. The van der Waals surface area contributed by atoms with Crippen LogP contribution in [0.5, 0.6) is 0 Å². The Morgan fingerprint density at radius 2 is 2.24 bits per heavy atom. The number of hydrogen-bond donors (Lipinski definition) is 1. The summed E-state index contributed by atoms with van der Waals surface area (Å²) in [5.41, 5.74) is 6.45. The van der Waals surface area contributed by atoms with E-state index in [9.17, 15) is 4.79 Å². The highest BCUT2D eigenvalue weighted by atomic mass is 35.5. The number of likely N-dealkylation sites (tertiary alicyclic amines) is 1. The van der Waals surface area contributed by atoms with E-state index >= 15 is 0 Å². The number of rotatable bonds is 2. The van der Waals surface area contributed by atoms with Crippen molar-refractivity contribution >= 4 is 17.5 Å². The van der Waals surface area contributed by atoms with Gasteiger partial charge < -0.3 is 10.6 Å². The quantitative estimate of drug-likeness (QED) is 0.877. The molecule has 2 unspecified atom stereocenters. The minimum absolute atomic E-state index is 0.0127. The minimum Gasteiger partial charge on any atom is -0.338 e. The third-order valence-corrected chi connectivity index (χ3v) is 3.69. The minimum atomic E-state index is 0.0127. The van der Waals surface area contributed by atoms with E-state index in [4.69, 9.17) is 17.3 Å². The number of nitrogens with two attached hydrogens (primary N) is 1. The summed E-state index contributed by atoms with van der Waals surface area (Å²) in [6.45, 7) is 3.51. The van der Waals surface area contributed by atoms with Crippen LogP contribution in [0.1, 0.15) is 23.7 Å². The summed E-state index contributed by atoms with van der Waals surface area (Å²) in [5.74, 6) is 0.417. The molecule has 2 atom stereocenters. The Bertz CT molecular complexity index is 420. The van der Waals surface area contributed by atoms with Crippen LogP contribution in [0.4, 0.5) is 0 Å². The van der Waals surface area contributed by atoms with Crippen LogP contribution in [0.15, 0.2) is 24.3 Å². The molecule has 1 heterocycles. The molecule has 17 heavy (non-hydrogen) atoms. The Labute approximate surface area is 107 Å². The van der Waals surface area contributed by atoms with E-state index in [0.717, 1.165) is 19.5 Å². The second-order valence-corrected chi connectivity index (χ2v) is 5.05. The Morgan fingerprint density at radius 3 is 2.82 bits per heavy atom. The fraction of sp³-hybridized carbons (Fsp3) is 0.462. The van der Waals surface area contributed by atoms with Gasteiger partial charge in [0.25, 0.3) is 5.91 Å². The molecule has 1 amide bonds. The van der Waals surface area contributed by atoms with Gasteiger partial charge in [-0.2, -0.15) is 0 Å². The van der Waals surface area contributed by atoms with Crippen molar-refractivity contribution in [2.75, 3.05) is 13.1 Å². The van der Waals surface area contributed by atoms with Crippen LogP contribution in [0.3, 0.4) is 0 Å². The highest BCUT2D eigenvalue weighted by Gasteiger charge is 2.29. The lowest BCUT2D eigenvalue weighted by atomic mass is 10.0. The van der Waals surface area contributed by atoms with Gasteiger partial charge in [0.2, 0.25) is 0 Å². The lowest BCUT2D eigenvalue weighted by molar-refractivity contribution is 0.0786. The van der Waals surface area contributed by atoms with E-state index in [-0.39, 0.29) is 11.9 Å². The van der Waals surface area contributed by atoms with Crippen LogP contribution in [0, 0.1) is 5.92 Å². The number of benzene rings is 1. The zero-order valence-electron chi connectivity index (χ0n) is 9.90. The molecular weight excluding hydrogens is 236 g/mol. The molecule has 92 valence electrons. The second-order valence-electron chi connectivity index (χ2n) is 4.64. The molecule has 2 N–H and O–H groups in total. The molecule has 0 bridgehead atoms. The Kier molecular flexibility index (Phi) is 3.69. The number of amides is 1. The Hall–Kier alpha value is -1.06. The summed E-state index contributed by atoms with van der Waals surface area (Å²) in [6, 6.07) is 7.31. The van der Waals surface area contributed by atoms with Crippen molar-refractivity contribution < 1.29 is 4.79 Å². The number of carbonyl (C=O) groups is 1. The molecule has 0 aliphatic carbocycles. The van der Waals surface area contributed by atoms with Gasteiger partial charge in [-0.15, -0.1) is 0 Å². The summed E-state index contributed by atoms with van der Waals surface area (Å²) in [5, 5.41) is 0.516. The standard InChI is InChI=1S/C13H17ClN2O/c1-9(15)10-6-7-16(8-10)13(17)11-4-2-3-5-12(11)14/h2-5,9-10H,6-8,15H2,1H3. The summed E-state index contributed by atoms with van der Waals surface area (Å²) >= 11 is 6.02. The summed E-state index contributed by atoms with van der Waals surface area (Å²) < 4.78 is 0. The van der Waals surface area contributed by atoms with Crippen LogP contribution in [0.25, 0.3) is 0 Å². The van der Waals surface area contributed by atoms with Crippen LogP contribution >= 0.6 is 11.6 Å². The normalized spacial score (nSPS) is 21.6. The van der Waals surface area contributed by atoms with Crippen LogP contribution in [-0.2, 0) is 0 Å². The molecule has 0 saturated carbocycles. The molecule has 1 aromatic carbocycles. The van der Waals surface area contributed by atoms with Gasteiger partial charge in [-0.25, -0.2) is 0 Å². The first-order chi connectivity index (χ1) is 8.09. The molecule has 0 spiro atoms. The maximum Gasteiger partial charge on any atom is 0.255 e. The van der Waals surface area contributed by atoms with Crippen molar-refractivity contribution in [2.45, 2.75) is 19.4 Å². The average Bonchev–Trinajstić information content (AvgIpc) is 2.78. The first kappa shape index (κ1) is 12.4. The van der Waals surface area contributed by atoms with Crippen molar-refractivity contribution in [1.29, 1.82) is 0 Å². The largest absolute Gasteiger partial charge is 0.338 e. The van der Waals surface area contributed by atoms with Crippen molar-refractivity contribution in [3.8, 4) is 0 Å². The average molecular weight is 253 g/mol. The molecule has 1 aliphatic heterocycles. The van der Waals surface area contributed by atoms with E-state index in [1.165, 1.54) is 0 Å². The molecule has 4 heteroatoms. The van der Waals surface area contributed by atoms with Crippen LogP contribution in [-0.4, -0.2) is 29.9 Å². The molecule has 1 aliphatic rings. The van der Waals surface area contributed by atoms with Gasteiger partial charge in [-0.3, -0.25) is 4.79 Å². The maximum atomic E-state index is 12.2. The fourth-order valence-electron chi connectivity index (χ4n) is 2.21. The zero-order valence-corrected chi connectivity index (χ0v) is 10.7. The van der Waals surface area contributed by atoms with Gasteiger partial charge in [0.15, 0.2) is 0 Å². The SMILES string of the molecule is CC(N)C1CCN(C(=O)c2ccccc2Cl)C1. The van der Waals surface area contributed by atoms with Crippen molar-refractivity contribution in [3.63, 3.8) is 0 Å². The number of carbonyl (C=O) groups excluding carboxylic acids is 1. The van der Waals surface area contributed by atoms with Gasteiger partial charge in [0, 0.05) is 19.1 Å². The lowest BCUT2D eigenvalue weighted by Gasteiger charge is -2.18. The topological polar surface area (TPSA) is 46.3 Å². The third-order valence-electron chi connectivity index (χ3n) is 3.36. The van der Waals surface area contributed by atoms with E-state index in [1.54, 1.807) is 12.1 Å². The van der Waals surface area contributed by atoms with Crippen molar-refractivity contribution in [3.05, 3.63) is 34.9 Å². The predicted molar refractivity (Wildman–Crippen MR) is 69.1 cm³/mol. The molecule has 1 aromatic rings. The molecule has 0 radical (unpaired) electrons. The van der Waals surface area contributed by atoms with Gasteiger partial charge in [-0.05, 0) is 31.4 Å². The van der Waals surface area contributed by atoms with Gasteiger partial charge in [0.05, 0.1) is 10.6 Å². The maximum absolute atomic E-state index is 12.2. The molecule has 3 nitrogen and oxygen atoms in total. The highest BCUT2D eigenvalue weighted by molar-refractivity contribution is 6.33. The van der Waals surface area contributed by atoms with E-state index in [0.29, 0.717) is 16.5 Å². The molecule has 1 fully saturated rings. The smallest absolute Gasteiger partial charge is 0.255 e. The van der Waals surface area contributed by atoms with E-state index in [1.807, 2.05) is 24.0 Å². The number of hydrogen-bond acceptors (Lipinski definition) is 2. The molecular formula is C13H17ClN2O. The first-order valence-corrected chi connectivity index (χ1v) is 6.26. The van der Waals surface area contributed by atoms with Crippen molar-refractivity contribution in [2.24, 2.45) is 11.7 Å². The predicted octanol–water partition coefficient (Wildman–Crippen LogP) is 2.15. The summed E-state index contributed by atoms with van der Waals surface area (Å²) in [7, 11) is 0. The second kappa shape index (κ2) is 5.07. The molecule has 0 aromatic heterocycles. The first-order valence-electron chi connectivity index (χ1n) is 5.89. The monoisotopic (exact) mass is 252 g/mol. The summed E-state index contributed by atoms with van der Waals surface area (Å²) in [4.78, 5) is 14.1. The van der Waals surface area contributed by atoms with Gasteiger partial charge in [-0.1, -0.05) is 23.7 Å².